The van der Waals surface area contributed by atoms with Crippen molar-refractivity contribution in [3.05, 3.63) is 18.0 Å². The molecule has 14 heavy (non-hydrogen) atoms. The molecular formula is C6H2ClF3N2O2. The molecule has 0 aliphatic rings. The molecule has 8 heteroatoms. The molecule has 1 rings (SSSR count). The predicted octanol–water partition coefficient (Wildman–Crippen LogP) is 2.23. The summed E-state index contributed by atoms with van der Waals surface area (Å²) in [4.78, 5) is 10.2. The second kappa shape index (κ2) is 3.79. The van der Waals surface area contributed by atoms with E-state index in [9.17, 15) is 18.0 Å². The molecule has 76 valence electrons. The zero-order valence-electron chi connectivity index (χ0n) is 6.38. The van der Waals surface area contributed by atoms with Crippen molar-refractivity contribution < 1.29 is 22.7 Å². The number of hydrogen-bond donors (Lipinski definition) is 0. The summed E-state index contributed by atoms with van der Waals surface area (Å²) in [5.74, 6) is -0.771. The number of halogens is 4. The summed E-state index contributed by atoms with van der Waals surface area (Å²) >= 11 is 4.76. The Labute approximate surface area is 80.6 Å². The van der Waals surface area contributed by atoms with Gasteiger partial charge in [0.25, 0.3) is 0 Å². The van der Waals surface area contributed by atoms with E-state index in [0.29, 0.717) is 12.4 Å². The Kier molecular flexibility index (Phi) is 2.90. The van der Waals surface area contributed by atoms with E-state index in [2.05, 4.69) is 14.9 Å². The number of carbonyl (C=O) groups is 1. The molecule has 1 aromatic heterocycles. The van der Waals surface area contributed by atoms with Crippen LogP contribution in [0.5, 0.6) is 5.75 Å². The van der Waals surface area contributed by atoms with Crippen LogP contribution in [0.3, 0.4) is 0 Å². The Morgan fingerprint density at radius 3 is 2.43 bits per heavy atom. The average Bonchev–Trinajstić information content (AvgIpc) is 2.01. The quantitative estimate of drug-likeness (QED) is 0.689. The van der Waals surface area contributed by atoms with Crippen molar-refractivity contribution in [3.63, 3.8) is 0 Å². The summed E-state index contributed by atoms with van der Waals surface area (Å²) in [6, 6.07) is 0. The minimum absolute atomic E-state index is 0.440. The maximum Gasteiger partial charge on any atom is 0.421 e. The van der Waals surface area contributed by atoms with E-state index < -0.39 is 22.9 Å². The standard InChI is InChI=1S/C6H2ClF3N2O2/c7-5(13)14-4-2-12-11-1-3(4)6(8,9)10/h1-2H. The highest BCUT2D eigenvalue weighted by Crippen LogP contribution is 2.34. The molecule has 0 aromatic carbocycles. The fraction of sp³-hybridized carbons (Fsp3) is 0.167. The third kappa shape index (κ3) is 2.56. The third-order valence-electron chi connectivity index (χ3n) is 1.19. The van der Waals surface area contributed by atoms with Gasteiger partial charge in [-0.2, -0.15) is 23.4 Å². The van der Waals surface area contributed by atoms with Gasteiger partial charge in [-0.25, -0.2) is 4.79 Å². The molecule has 0 fully saturated rings. The van der Waals surface area contributed by atoms with Gasteiger partial charge in [0.05, 0.1) is 12.4 Å². The summed E-state index contributed by atoms with van der Waals surface area (Å²) in [5, 5.41) is 6.14. The van der Waals surface area contributed by atoms with E-state index >= 15 is 0 Å². The summed E-state index contributed by atoms with van der Waals surface area (Å²) in [6.45, 7) is 0. The van der Waals surface area contributed by atoms with E-state index in [1.165, 1.54) is 0 Å². The molecule has 0 aliphatic heterocycles. The first-order chi connectivity index (χ1) is 6.41. The molecule has 0 unspecified atom stereocenters. The van der Waals surface area contributed by atoms with Gasteiger partial charge in [-0.1, -0.05) is 0 Å². The lowest BCUT2D eigenvalue weighted by Gasteiger charge is -2.09. The minimum Gasteiger partial charge on any atom is -0.412 e. The van der Waals surface area contributed by atoms with Crippen LogP contribution in [0.4, 0.5) is 18.0 Å². The first-order valence-corrected chi connectivity index (χ1v) is 3.54. The van der Waals surface area contributed by atoms with Crippen LogP contribution in [-0.2, 0) is 6.18 Å². The largest absolute Gasteiger partial charge is 0.421 e. The highest BCUT2D eigenvalue weighted by molar-refractivity contribution is 6.61. The maximum absolute atomic E-state index is 12.2. The fourth-order valence-electron chi connectivity index (χ4n) is 0.691. The number of alkyl halides is 3. The molecule has 1 aromatic rings. The molecule has 0 N–H and O–H groups in total. The van der Waals surface area contributed by atoms with Gasteiger partial charge >= 0.3 is 11.6 Å². The van der Waals surface area contributed by atoms with Crippen molar-refractivity contribution in [1.82, 2.24) is 10.2 Å². The summed E-state index contributed by atoms with van der Waals surface area (Å²) < 4.78 is 40.7. The first kappa shape index (κ1) is 10.7. The van der Waals surface area contributed by atoms with Crippen LogP contribution in [0.15, 0.2) is 12.4 Å². The number of ether oxygens (including phenoxy) is 1. The number of rotatable bonds is 1. The van der Waals surface area contributed by atoms with Gasteiger partial charge in [-0.05, 0) is 0 Å². The minimum atomic E-state index is -4.67. The van der Waals surface area contributed by atoms with E-state index in [-0.39, 0.29) is 0 Å². The predicted molar refractivity (Wildman–Crippen MR) is 38.9 cm³/mol. The zero-order valence-corrected chi connectivity index (χ0v) is 7.13. The van der Waals surface area contributed by atoms with Crippen LogP contribution < -0.4 is 4.74 Å². The number of aromatic nitrogens is 2. The second-order valence-electron chi connectivity index (χ2n) is 2.10. The van der Waals surface area contributed by atoms with Crippen LogP contribution in [0, 0.1) is 0 Å². The topological polar surface area (TPSA) is 52.1 Å². The van der Waals surface area contributed by atoms with Gasteiger partial charge in [0.15, 0.2) is 5.75 Å². The monoisotopic (exact) mass is 226 g/mol. The van der Waals surface area contributed by atoms with Crippen LogP contribution >= 0.6 is 11.6 Å². The number of nitrogens with zero attached hydrogens (tertiary/aromatic N) is 2. The Hall–Kier alpha value is -1.37. The number of hydrogen-bond acceptors (Lipinski definition) is 4. The van der Waals surface area contributed by atoms with E-state index in [1.807, 2.05) is 0 Å². The van der Waals surface area contributed by atoms with Gasteiger partial charge in [-0.3, -0.25) is 0 Å². The van der Waals surface area contributed by atoms with Crippen molar-refractivity contribution >= 4 is 17.0 Å². The van der Waals surface area contributed by atoms with Crippen molar-refractivity contribution in [3.8, 4) is 5.75 Å². The molecule has 0 spiro atoms. The van der Waals surface area contributed by atoms with Crippen LogP contribution in [-0.4, -0.2) is 15.6 Å². The second-order valence-corrected chi connectivity index (χ2v) is 2.41. The van der Waals surface area contributed by atoms with Gasteiger partial charge in [0, 0.05) is 11.6 Å². The lowest BCUT2D eigenvalue weighted by atomic mass is 10.3. The van der Waals surface area contributed by atoms with Crippen LogP contribution in [0.1, 0.15) is 5.56 Å². The van der Waals surface area contributed by atoms with Gasteiger partial charge in [-0.15, -0.1) is 0 Å². The van der Waals surface area contributed by atoms with Gasteiger partial charge < -0.3 is 4.74 Å². The fourth-order valence-corrected chi connectivity index (χ4v) is 0.774. The number of carbonyl (C=O) groups excluding carboxylic acids is 1. The molecular weight excluding hydrogens is 225 g/mol. The highest BCUT2D eigenvalue weighted by atomic mass is 35.5. The molecule has 0 radical (unpaired) electrons. The van der Waals surface area contributed by atoms with Crippen molar-refractivity contribution in [1.29, 1.82) is 0 Å². The normalized spacial score (nSPS) is 11.1. The molecule has 0 saturated carbocycles. The Morgan fingerprint density at radius 2 is 1.93 bits per heavy atom. The summed E-state index contributed by atoms with van der Waals surface area (Å²) in [6.07, 6.45) is -3.57. The van der Waals surface area contributed by atoms with E-state index in [1.54, 1.807) is 0 Å². The van der Waals surface area contributed by atoms with Gasteiger partial charge in [0.2, 0.25) is 0 Å². The molecule has 4 nitrogen and oxygen atoms in total. The molecule has 0 saturated heterocycles. The summed E-state index contributed by atoms with van der Waals surface area (Å²) in [7, 11) is 0. The maximum atomic E-state index is 12.2. The van der Waals surface area contributed by atoms with E-state index in [4.69, 9.17) is 11.6 Å². The summed E-state index contributed by atoms with van der Waals surface area (Å²) in [5.41, 5.74) is -2.58. The zero-order chi connectivity index (χ0) is 10.8. The smallest absolute Gasteiger partial charge is 0.412 e. The molecule has 0 atom stereocenters. The third-order valence-corrected chi connectivity index (χ3v) is 1.27. The Bertz CT molecular complexity index is 355. The van der Waals surface area contributed by atoms with Crippen molar-refractivity contribution in [2.45, 2.75) is 6.18 Å². The van der Waals surface area contributed by atoms with E-state index in [0.717, 1.165) is 0 Å². The Balaban J connectivity index is 3.10. The highest BCUT2D eigenvalue weighted by Gasteiger charge is 2.35. The first-order valence-electron chi connectivity index (χ1n) is 3.16. The lowest BCUT2D eigenvalue weighted by molar-refractivity contribution is -0.138. The van der Waals surface area contributed by atoms with Gasteiger partial charge in [0.1, 0.15) is 5.56 Å². The molecule has 0 bridgehead atoms. The molecule has 0 aliphatic carbocycles. The van der Waals surface area contributed by atoms with Crippen molar-refractivity contribution in [2.75, 3.05) is 0 Å². The average molecular weight is 227 g/mol. The van der Waals surface area contributed by atoms with Crippen molar-refractivity contribution in [2.24, 2.45) is 0 Å². The van der Waals surface area contributed by atoms with Crippen LogP contribution in [0.2, 0.25) is 0 Å². The Morgan fingerprint density at radius 1 is 1.36 bits per heavy atom. The van der Waals surface area contributed by atoms with Crippen LogP contribution in [0.25, 0.3) is 0 Å². The lowest BCUT2D eigenvalue weighted by Crippen LogP contribution is -2.10. The molecule has 1 heterocycles. The molecule has 0 amide bonds. The SMILES string of the molecule is O=C(Cl)Oc1cnncc1C(F)(F)F.